The first-order valence-electron chi connectivity index (χ1n) is 10.9. The third-order valence-electron chi connectivity index (χ3n) is 6.13. The molecule has 0 spiro atoms. The fourth-order valence-electron chi connectivity index (χ4n) is 4.51. The molecule has 1 aromatic carbocycles. The molecule has 1 atom stereocenters. The summed E-state index contributed by atoms with van der Waals surface area (Å²) in [5.41, 5.74) is 1.85. The van der Waals surface area contributed by atoms with E-state index in [1.54, 1.807) is 12.4 Å². The van der Waals surface area contributed by atoms with E-state index in [1.807, 2.05) is 29.2 Å². The van der Waals surface area contributed by atoms with Gasteiger partial charge in [0.05, 0.1) is 35.7 Å². The molecule has 1 amide bonds. The lowest BCUT2D eigenvalue weighted by Crippen LogP contribution is -2.38. The molecular weight excluding hydrogens is 418 g/mol. The van der Waals surface area contributed by atoms with Gasteiger partial charge in [0.2, 0.25) is 5.91 Å². The third kappa shape index (κ3) is 4.43. The van der Waals surface area contributed by atoms with Gasteiger partial charge in [-0.25, -0.2) is 0 Å². The van der Waals surface area contributed by atoms with E-state index in [0.29, 0.717) is 37.9 Å². The first-order valence-corrected chi connectivity index (χ1v) is 11.2. The maximum atomic E-state index is 12.8. The van der Waals surface area contributed by atoms with Crippen molar-refractivity contribution < 1.29 is 19.0 Å². The summed E-state index contributed by atoms with van der Waals surface area (Å²) in [5.74, 6) is 1.91. The lowest BCUT2D eigenvalue weighted by molar-refractivity contribution is -0.137. The van der Waals surface area contributed by atoms with E-state index >= 15 is 0 Å². The number of hydrogen-bond donors (Lipinski definition) is 0. The van der Waals surface area contributed by atoms with Crippen LogP contribution in [0.5, 0.6) is 11.5 Å². The number of halogens is 1. The summed E-state index contributed by atoms with van der Waals surface area (Å²) in [6.07, 6.45) is 5.89. The van der Waals surface area contributed by atoms with Gasteiger partial charge in [0.15, 0.2) is 0 Å². The maximum Gasteiger partial charge on any atom is 0.225 e. The molecule has 3 aliphatic heterocycles. The Morgan fingerprint density at radius 1 is 1.10 bits per heavy atom. The lowest BCUT2D eigenvalue weighted by atomic mass is 9.99. The average Bonchev–Trinajstić information content (AvgIpc) is 3.27. The van der Waals surface area contributed by atoms with Crippen LogP contribution in [0.3, 0.4) is 0 Å². The van der Waals surface area contributed by atoms with Crippen LogP contribution in [-0.2, 0) is 9.53 Å². The van der Waals surface area contributed by atoms with E-state index in [1.165, 1.54) is 0 Å². The highest BCUT2D eigenvalue weighted by Crippen LogP contribution is 2.39. The first-order chi connectivity index (χ1) is 15.2. The summed E-state index contributed by atoms with van der Waals surface area (Å²) >= 11 is 6.15. The summed E-state index contributed by atoms with van der Waals surface area (Å²) < 4.78 is 17.5. The molecule has 8 heteroatoms. The first kappa shape index (κ1) is 20.4. The van der Waals surface area contributed by atoms with Gasteiger partial charge in [-0.1, -0.05) is 11.6 Å². The molecule has 2 saturated heterocycles. The summed E-state index contributed by atoms with van der Waals surface area (Å²) in [7, 11) is 0. The largest absolute Gasteiger partial charge is 0.490 e. The van der Waals surface area contributed by atoms with Gasteiger partial charge in [-0.05, 0) is 31.0 Å². The number of hydrogen-bond acceptors (Lipinski definition) is 6. The molecule has 3 aliphatic rings. The third-order valence-corrected chi connectivity index (χ3v) is 6.33. The number of likely N-dealkylation sites (tertiary alicyclic amines) is 1. The number of carbonyl (C=O) groups excluding carboxylic acids is 1. The number of pyridine rings is 1. The van der Waals surface area contributed by atoms with Crippen molar-refractivity contribution in [2.24, 2.45) is 5.92 Å². The summed E-state index contributed by atoms with van der Waals surface area (Å²) in [6, 6.07) is 7.77. The molecule has 2 fully saturated rings. The molecule has 164 valence electrons. The van der Waals surface area contributed by atoms with Gasteiger partial charge in [0.1, 0.15) is 24.2 Å². The molecule has 4 heterocycles. The zero-order chi connectivity index (χ0) is 21.2. The smallest absolute Gasteiger partial charge is 0.225 e. The number of fused-ring (bicyclic) bond motifs is 1. The molecule has 0 N–H and O–H groups in total. The van der Waals surface area contributed by atoms with Crippen LogP contribution >= 0.6 is 11.6 Å². The second kappa shape index (κ2) is 8.93. The van der Waals surface area contributed by atoms with E-state index in [2.05, 4.69) is 9.88 Å². The van der Waals surface area contributed by atoms with Crippen molar-refractivity contribution in [3.63, 3.8) is 0 Å². The number of carbonyl (C=O) groups is 1. The van der Waals surface area contributed by atoms with Gasteiger partial charge < -0.3 is 24.0 Å². The minimum atomic E-state index is -0.00682. The van der Waals surface area contributed by atoms with Gasteiger partial charge in [-0.2, -0.15) is 0 Å². The van der Waals surface area contributed by atoms with Crippen LogP contribution < -0.4 is 14.4 Å². The number of anilines is 2. The highest BCUT2D eigenvalue weighted by Gasteiger charge is 2.33. The topological polar surface area (TPSA) is 64.1 Å². The number of benzene rings is 1. The van der Waals surface area contributed by atoms with Crippen molar-refractivity contribution in [3.05, 3.63) is 41.7 Å². The monoisotopic (exact) mass is 443 g/mol. The van der Waals surface area contributed by atoms with Crippen LogP contribution in [0, 0.1) is 5.92 Å². The van der Waals surface area contributed by atoms with Crippen LogP contribution in [0.15, 0.2) is 36.7 Å². The Balaban J connectivity index is 1.28. The maximum absolute atomic E-state index is 12.8. The molecule has 7 nitrogen and oxygen atoms in total. The normalized spacial score (nSPS) is 21.5. The molecule has 0 saturated carbocycles. The van der Waals surface area contributed by atoms with Crippen LogP contribution in [-0.4, -0.2) is 61.3 Å². The fourth-order valence-corrected chi connectivity index (χ4v) is 4.68. The summed E-state index contributed by atoms with van der Waals surface area (Å²) in [4.78, 5) is 21.1. The van der Waals surface area contributed by atoms with Crippen molar-refractivity contribution in [1.82, 2.24) is 9.88 Å². The van der Waals surface area contributed by atoms with Crippen molar-refractivity contribution in [2.75, 3.05) is 44.4 Å². The number of aromatic nitrogens is 1. The minimum Gasteiger partial charge on any atom is -0.490 e. The van der Waals surface area contributed by atoms with Crippen molar-refractivity contribution in [2.45, 2.75) is 25.4 Å². The number of ether oxygens (including phenoxy) is 3. The molecule has 0 bridgehead atoms. The Hall–Kier alpha value is -2.51. The van der Waals surface area contributed by atoms with Gasteiger partial charge in [0.25, 0.3) is 0 Å². The molecular formula is C23H26ClN3O4. The molecule has 0 unspecified atom stereocenters. The molecule has 31 heavy (non-hydrogen) atoms. The second-order valence-electron chi connectivity index (χ2n) is 8.19. The molecule has 0 radical (unpaired) electrons. The Morgan fingerprint density at radius 2 is 1.97 bits per heavy atom. The van der Waals surface area contributed by atoms with Crippen LogP contribution in [0.1, 0.15) is 19.3 Å². The van der Waals surface area contributed by atoms with Crippen LogP contribution in [0.4, 0.5) is 11.4 Å². The predicted molar refractivity (Wildman–Crippen MR) is 117 cm³/mol. The SMILES string of the molecule is O=C(C1CCOCC1)N1CC[C@H](Oc2ccc3c(c2)N(c2cncc(Cl)c2)CCO3)C1. The van der Waals surface area contributed by atoms with Gasteiger partial charge in [-0.15, -0.1) is 0 Å². The lowest BCUT2D eigenvalue weighted by Gasteiger charge is -2.31. The highest BCUT2D eigenvalue weighted by atomic mass is 35.5. The van der Waals surface area contributed by atoms with E-state index in [-0.39, 0.29) is 17.9 Å². The van der Waals surface area contributed by atoms with E-state index in [0.717, 1.165) is 48.7 Å². The van der Waals surface area contributed by atoms with E-state index < -0.39 is 0 Å². The Bertz CT molecular complexity index is 950. The summed E-state index contributed by atoms with van der Waals surface area (Å²) in [6.45, 7) is 4.03. The zero-order valence-corrected chi connectivity index (χ0v) is 18.1. The van der Waals surface area contributed by atoms with Crippen molar-refractivity contribution in [3.8, 4) is 11.5 Å². The zero-order valence-electron chi connectivity index (χ0n) is 17.3. The van der Waals surface area contributed by atoms with Gasteiger partial charge in [-0.3, -0.25) is 9.78 Å². The standard InChI is InChI=1S/C23H26ClN3O4/c24-17-11-18(14-25-13-17)27-7-10-30-22-2-1-19(12-21(22)27)31-20-3-6-26(15-20)23(28)16-4-8-29-9-5-16/h1-2,11-14,16,20H,3-10,15H2/t20-/m0/s1. The van der Waals surface area contributed by atoms with Gasteiger partial charge in [0, 0.05) is 44.4 Å². The van der Waals surface area contributed by atoms with Crippen molar-refractivity contribution in [1.29, 1.82) is 0 Å². The van der Waals surface area contributed by atoms with Crippen molar-refractivity contribution >= 4 is 28.9 Å². The predicted octanol–water partition coefficient (Wildman–Crippen LogP) is 3.67. The van der Waals surface area contributed by atoms with Crippen LogP contribution in [0.25, 0.3) is 0 Å². The van der Waals surface area contributed by atoms with Gasteiger partial charge >= 0.3 is 0 Å². The number of rotatable bonds is 4. The Labute approximate surface area is 186 Å². The quantitative estimate of drug-likeness (QED) is 0.718. The number of nitrogens with zero attached hydrogens (tertiary/aromatic N) is 3. The Kier molecular flexibility index (Phi) is 5.87. The number of amides is 1. The van der Waals surface area contributed by atoms with Crippen LogP contribution in [0.2, 0.25) is 5.02 Å². The van der Waals surface area contributed by atoms with E-state index in [4.69, 9.17) is 25.8 Å². The fraction of sp³-hybridized carbons (Fsp3) is 0.478. The Morgan fingerprint density at radius 3 is 2.81 bits per heavy atom. The minimum absolute atomic E-state index is 0.00682. The molecule has 2 aromatic rings. The molecule has 5 rings (SSSR count). The second-order valence-corrected chi connectivity index (χ2v) is 8.63. The highest BCUT2D eigenvalue weighted by molar-refractivity contribution is 6.30. The van der Waals surface area contributed by atoms with E-state index in [9.17, 15) is 4.79 Å². The molecule has 1 aromatic heterocycles. The molecule has 0 aliphatic carbocycles. The summed E-state index contributed by atoms with van der Waals surface area (Å²) in [5, 5.41) is 0.596. The average molecular weight is 444 g/mol.